The summed E-state index contributed by atoms with van der Waals surface area (Å²) in [7, 11) is 0. The van der Waals surface area contributed by atoms with Gasteiger partial charge in [0.15, 0.2) is 0 Å². The van der Waals surface area contributed by atoms with Crippen molar-refractivity contribution in [3.63, 3.8) is 0 Å². The highest BCUT2D eigenvalue weighted by atomic mass is 16.6. The molecule has 0 spiro atoms. The number of carbonyl (C=O) groups excluding carboxylic acids is 1. The van der Waals surface area contributed by atoms with Crippen molar-refractivity contribution in [1.29, 1.82) is 0 Å². The van der Waals surface area contributed by atoms with Crippen molar-refractivity contribution < 1.29 is 9.53 Å². The van der Waals surface area contributed by atoms with Gasteiger partial charge in [0, 0.05) is 18.1 Å². The number of hydrogen-bond acceptors (Lipinski definition) is 3. The molecule has 1 aromatic carbocycles. The van der Waals surface area contributed by atoms with Gasteiger partial charge in [0.05, 0.1) is 12.1 Å². The Labute approximate surface area is 166 Å². The lowest BCUT2D eigenvalue weighted by Gasteiger charge is -2.40. The SMILES string of the molecule is C[C@@H]1[C@H](n2ccc3cc(C4CC4)ccc3c2=O)CCCN1C(=O)OC(C)(C)C. The first-order valence-corrected chi connectivity index (χ1v) is 10.4. The summed E-state index contributed by atoms with van der Waals surface area (Å²) in [5.74, 6) is 0.674. The second-order valence-electron chi connectivity index (χ2n) is 9.27. The molecule has 5 heteroatoms. The zero-order chi connectivity index (χ0) is 20.1. The van der Waals surface area contributed by atoms with E-state index in [2.05, 4.69) is 12.1 Å². The van der Waals surface area contributed by atoms with E-state index >= 15 is 0 Å². The fraction of sp³-hybridized carbons (Fsp3) is 0.565. The van der Waals surface area contributed by atoms with Gasteiger partial charge >= 0.3 is 6.09 Å². The fourth-order valence-electron chi connectivity index (χ4n) is 4.29. The number of rotatable bonds is 2. The first-order valence-electron chi connectivity index (χ1n) is 10.4. The Bertz CT molecular complexity index is 952. The van der Waals surface area contributed by atoms with Crippen LogP contribution in [-0.2, 0) is 4.74 Å². The number of amides is 1. The van der Waals surface area contributed by atoms with E-state index in [-0.39, 0.29) is 23.7 Å². The number of hydrogen-bond donors (Lipinski definition) is 0. The predicted molar refractivity (Wildman–Crippen MR) is 111 cm³/mol. The van der Waals surface area contributed by atoms with Gasteiger partial charge in [0.25, 0.3) is 5.56 Å². The van der Waals surface area contributed by atoms with Crippen LogP contribution in [0.5, 0.6) is 0 Å². The van der Waals surface area contributed by atoms with Crippen molar-refractivity contribution in [3.8, 4) is 0 Å². The van der Waals surface area contributed by atoms with E-state index in [0.29, 0.717) is 12.5 Å². The minimum absolute atomic E-state index is 0.0303. The third kappa shape index (κ3) is 3.67. The summed E-state index contributed by atoms with van der Waals surface area (Å²) in [6.07, 6.45) is 5.85. The molecule has 1 aromatic heterocycles. The fourth-order valence-corrected chi connectivity index (χ4v) is 4.29. The van der Waals surface area contributed by atoms with Crippen LogP contribution in [0, 0.1) is 0 Å². The van der Waals surface area contributed by atoms with E-state index < -0.39 is 5.60 Å². The second-order valence-corrected chi connectivity index (χ2v) is 9.27. The zero-order valence-corrected chi connectivity index (χ0v) is 17.3. The van der Waals surface area contributed by atoms with E-state index in [1.54, 1.807) is 4.90 Å². The number of carbonyl (C=O) groups is 1. The van der Waals surface area contributed by atoms with Gasteiger partial charge in [-0.2, -0.15) is 0 Å². The second kappa shape index (κ2) is 6.94. The number of likely N-dealkylation sites (tertiary alicyclic amines) is 1. The van der Waals surface area contributed by atoms with Crippen LogP contribution in [0.2, 0.25) is 0 Å². The molecule has 2 aliphatic rings. The lowest BCUT2D eigenvalue weighted by Crippen LogP contribution is -2.50. The van der Waals surface area contributed by atoms with Gasteiger partial charge in [-0.25, -0.2) is 4.79 Å². The monoisotopic (exact) mass is 382 g/mol. The predicted octanol–water partition coefficient (Wildman–Crippen LogP) is 4.84. The Hall–Kier alpha value is -2.30. The summed E-state index contributed by atoms with van der Waals surface area (Å²) in [5, 5.41) is 1.77. The molecule has 2 aromatic rings. The minimum atomic E-state index is -0.525. The summed E-state index contributed by atoms with van der Waals surface area (Å²) in [5.41, 5.74) is 0.845. The lowest BCUT2D eigenvalue weighted by molar-refractivity contribution is 0.00411. The minimum Gasteiger partial charge on any atom is -0.444 e. The molecule has 2 heterocycles. The molecule has 1 saturated carbocycles. The summed E-state index contributed by atoms with van der Waals surface area (Å²) in [6.45, 7) is 8.31. The Morgan fingerprint density at radius 1 is 1.14 bits per heavy atom. The molecule has 2 fully saturated rings. The quantitative estimate of drug-likeness (QED) is 0.747. The molecule has 1 aliphatic heterocycles. The van der Waals surface area contributed by atoms with Crippen LogP contribution < -0.4 is 5.56 Å². The molecule has 0 N–H and O–H groups in total. The van der Waals surface area contributed by atoms with Gasteiger partial charge in [0.1, 0.15) is 5.60 Å². The molecule has 28 heavy (non-hydrogen) atoms. The van der Waals surface area contributed by atoms with Crippen molar-refractivity contribution in [2.45, 2.75) is 77.0 Å². The van der Waals surface area contributed by atoms with Crippen LogP contribution in [0.1, 0.15) is 70.9 Å². The maximum atomic E-state index is 13.2. The topological polar surface area (TPSA) is 51.5 Å². The maximum absolute atomic E-state index is 13.2. The van der Waals surface area contributed by atoms with E-state index in [9.17, 15) is 9.59 Å². The van der Waals surface area contributed by atoms with Crippen molar-refractivity contribution in [2.24, 2.45) is 0 Å². The standard InChI is InChI=1S/C23H30N2O3/c1-15-20(6-5-12-24(15)22(27)28-23(2,3)4)25-13-11-18-14-17(16-7-8-16)9-10-19(18)21(25)26/h9-11,13-16,20H,5-8,12H2,1-4H3/t15-,20-/m1/s1. The van der Waals surface area contributed by atoms with Crippen molar-refractivity contribution in [3.05, 3.63) is 46.4 Å². The van der Waals surface area contributed by atoms with E-state index in [0.717, 1.165) is 23.6 Å². The van der Waals surface area contributed by atoms with Gasteiger partial charge in [-0.3, -0.25) is 4.79 Å². The number of benzene rings is 1. The summed E-state index contributed by atoms with van der Waals surface area (Å²) in [6, 6.07) is 8.15. The van der Waals surface area contributed by atoms with Gasteiger partial charge in [-0.05, 0) is 82.4 Å². The van der Waals surface area contributed by atoms with Crippen LogP contribution in [0.4, 0.5) is 4.79 Å². The molecule has 5 nitrogen and oxygen atoms in total. The highest BCUT2D eigenvalue weighted by molar-refractivity contribution is 5.82. The number of aromatic nitrogens is 1. The smallest absolute Gasteiger partial charge is 0.410 e. The molecule has 1 amide bonds. The first kappa shape index (κ1) is 19.0. The maximum Gasteiger partial charge on any atom is 0.410 e. The Balaban J connectivity index is 1.63. The molecular formula is C23H30N2O3. The van der Waals surface area contributed by atoms with Crippen LogP contribution in [0.3, 0.4) is 0 Å². The van der Waals surface area contributed by atoms with Crippen molar-refractivity contribution in [2.75, 3.05) is 6.54 Å². The summed E-state index contributed by atoms with van der Waals surface area (Å²) < 4.78 is 7.39. The molecule has 1 saturated heterocycles. The van der Waals surface area contributed by atoms with Gasteiger partial charge in [-0.1, -0.05) is 12.1 Å². The molecular weight excluding hydrogens is 352 g/mol. The van der Waals surface area contributed by atoms with Crippen molar-refractivity contribution in [1.82, 2.24) is 9.47 Å². The molecule has 0 bridgehead atoms. The number of ether oxygens (including phenoxy) is 1. The van der Waals surface area contributed by atoms with Gasteiger partial charge in [0.2, 0.25) is 0 Å². The Kier molecular flexibility index (Phi) is 4.72. The third-order valence-electron chi connectivity index (χ3n) is 5.94. The molecule has 150 valence electrons. The summed E-state index contributed by atoms with van der Waals surface area (Å²) in [4.78, 5) is 27.6. The zero-order valence-electron chi connectivity index (χ0n) is 17.3. The number of piperidine rings is 1. The van der Waals surface area contributed by atoms with Crippen LogP contribution in [-0.4, -0.2) is 33.7 Å². The van der Waals surface area contributed by atoms with Crippen LogP contribution >= 0.6 is 0 Å². The Morgan fingerprint density at radius 3 is 2.57 bits per heavy atom. The molecule has 2 atom stereocenters. The highest BCUT2D eigenvalue weighted by Gasteiger charge is 2.35. The van der Waals surface area contributed by atoms with Crippen molar-refractivity contribution >= 4 is 16.9 Å². The lowest BCUT2D eigenvalue weighted by atomic mass is 9.97. The molecule has 1 aliphatic carbocycles. The van der Waals surface area contributed by atoms with E-state index in [1.165, 1.54) is 18.4 Å². The highest BCUT2D eigenvalue weighted by Crippen LogP contribution is 2.40. The average molecular weight is 383 g/mol. The molecule has 4 rings (SSSR count). The average Bonchev–Trinajstić information content (AvgIpc) is 3.46. The normalized spacial score (nSPS) is 23.1. The largest absolute Gasteiger partial charge is 0.444 e. The molecule has 0 unspecified atom stereocenters. The van der Waals surface area contributed by atoms with Crippen LogP contribution in [0.15, 0.2) is 35.3 Å². The van der Waals surface area contributed by atoms with Crippen LogP contribution in [0.25, 0.3) is 10.8 Å². The van der Waals surface area contributed by atoms with E-state index in [1.807, 2.05) is 50.6 Å². The van der Waals surface area contributed by atoms with Gasteiger partial charge < -0.3 is 14.2 Å². The number of fused-ring (bicyclic) bond motifs is 1. The number of pyridine rings is 1. The van der Waals surface area contributed by atoms with E-state index in [4.69, 9.17) is 4.74 Å². The first-order chi connectivity index (χ1) is 13.2. The molecule has 0 radical (unpaired) electrons. The third-order valence-corrected chi connectivity index (χ3v) is 5.94. The van der Waals surface area contributed by atoms with Gasteiger partial charge in [-0.15, -0.1) is 0 Å². The number of nitrogens with zero attached hydrogens (tertiary/aromatic N) is 2. The Morgan fingerprint density at radius 2 is 1.89 bits per heavy atom. The summed E-state index contributed by atoms with van der Waals surface area (Å²) >= 11 is 0.